The molecular weight excluding hydrogens is 352 g/mol. The smallest absolute Gasteiger partial charge is 0.319 e. The standard InChI is InChI=1S/C21H26N6O/c1-13-8-9-16(14(2)22-13)26-21(28)23-15-10-11-27(3)19(12-15)20-24-17-6-4-5-7-18(17)25-20/h4-9,15,19H,10-12H2,1-3H3,(H,24,25)(H2,23,26,28)/t15-,19-/m1/s1. The molecule has 1 saturated heterocycles. The lowest BCUT2D eigenvalue weighted by Gasteiger charge is -2.36. The minimum absolute atomic E-state index is 0.0909. The maximum atomic E-state index is 12.5. The molecule has 28 heavy (non-hydrogen) atoms. The van der Waals surface area contributed by atoms with Crippen molar-refractivity contribution in [3.8, 4) is 0 Å². The van der Waals surface area contributed by atoms with E-state index in [-0.39, 0.29) is 18.1 Å². The summed E-state index contributed by atoms with van der Waals surface area (Å²) in [6, 6.07) is 11.9. The lowest BCUT2D eigenvalue weighted by Crippen LogP contribution is -2.46. The van der Waals surface area contributed by atoms with Crippen molar-refractivity contribution in [3.63, 3.8) is 0 Å². The van der Waals surface area contributed by atoms with Crippen LogP contribution in [0.4, 0.5) is 10.5 Å². The molecule has 7 nitrogen and oxygen atoms in total. The SMILES string of the molecule is Cc1ccc(NC(=O)N[C@@H]2CCN(C)[C@@H](c3nc4ccccc4[nH]3)C2)c(C)n1. The molecule has 2 atom stereocenters. The number of aromatic amines is 1. The molecule has 1 aliphatic heterocycles. The number of imidazole rings is 1. The third-order valence-electron chi connectivity index (χ3n) is 5.40. The fraction of sp³-hybridized carbons (Fsp3) is 0.381. The highest BCUT2D eigenvalue weighted by atomic mass is 16.2. The maximum Gasteiger partial charge on any atom is 0.319 e. The molecule has 3 aromatic rings. The van der Waals surface area contributed by atoms with Gasteiger partial charge in [0.15, 0.2) is 0 Å². The van der Waals surface area contributed by atoms with Crippen LogP contribution in [-0.4, -0.2) is 45.5 Å². The normalized spacial score (nSPS) is 20.2. The predicted molar refractivity (Wildman–Crippen MR) is 110 cm³/mol. The van der Waals surface area contributed by atoms with Crippen molar-refractivity contribution in [2.24, 2.45) is 0 Å². The Bertz CT molecular complexity index is 964. The number of nitrogens with one attached hydrogen (secondary N) is 3. The van der Waals surface area contributed by atoms with Gasteiger partial charge in [-0.3, -0.25) is 9.88 Å². The van der Waals surface area contributed by atoms with E-state index in [1.165, 1.54) is 0 Å². The van der Waals surface area contributed by atoms with Gasteiger partial charge < -0.3 is 15.6 Å². The zero-order chi connectivity index (χ0) is 19.7. The second-order valence-corrected chi connectivity index (χ2v) is 7.54. The average molecular weight is 378 g/mol. The zero-order valence-electron chi connectivity index (χ0n) is 16.5. The molecule has 0 spiro atoms. The lowest BCUT2D eigenvalue weighted by molar-refractivity contribution is 0.153. The fourth-order valence-electron chi connectivity index (χ4n) is 3.83. The monoisotopic (exact) mass is 378 g/mol. The molecule has 0 saturated carbocycles. The van der Waals surface area contributed by atoms with Crippen LogP contribution in [0.15, 0.2) is 36.4 Å². The van der Waals surface area contributed by atoms with E-state index in [1.54, 1.807) is 0 Å². The van der Waals surface area contributed by atoms with Gasteiger partial charge in [0, 0.05) is 18.3 Å². The number of likely N-dealkylation sites (tertiary alicyclic amines) is 1. The van der Waals surface area contributed by atoms with Gasteiger partial charge in [-0.2, -0.15) is 0 Å². The first kappa shape index (κ1) is 18.4. The molecule has 4 rings (SSSR count). The number of carbonyl (C=O) groups excluding carboxylic acids is 1. The van der Waals surface area contributed by atoms with Crippen LogP contribution in [0.2, 0.25) is 0 Å². The van der Waals surface area contributed by atoms with Crippen LogP contribution in [0.1, 0.15) is 36.1 Å². The van der Waals surface area contributed by atoms with Gasteiger partial charge in [-0.05, 0) is 58.0 Å². The Kier molecular flexibility index (Phi) is 5.00. The summed E-state index contributed by atoms with van der Waals surface area (Å²) in [5, 5.41) is 6.04. The van der Waals surface area contributed by atoms with Crippen LogP contribution in [0.3, 0.4) is 0 Å². The molecule has 7 heteroatoms. The van der Waals surface area contributed by atoms with Crippen LogP contribution >= 0.6 is 0 Å². The molecule has 2 amide bonds. The quantitative estimate of drug-likeness (QED) is 0.651. The fourth-order valence-corrected chi connectivity index (χ4v) is 3.83. The van der Waals surface area contributed by atoms with Crippen LogP contribution in [0.5, 0.6) is 0 Å². The Hall–Kier alpha value is -2.93. The molecule has 2 aromatic heterocycles. The number of para-hydroxylation sites is 2. The number of carbonyl (C=O) groups is 1. The van der Waals surface area contributed by atoms with Crippen molar-refractivity contribution in [2.45, 2.75) is 38.8 Å². The summed E-state index contributed by atoms with van der Waals surface area (Å²) in [6.45, 7) is 4.74. The van der Waals surface area contributed by atoms with Gasteiger partial charge in [0.25, 0.3) is 0 Å². The molecular formula is C21H26N6O. The first-order valence-electron chi connectivity index (χ1n) is 9.66. The van der Waals surface area contributed by atoms with Crippen molar-refractivity contribution >= 4 is 22.8 Å². The minimum Gasteiger partial charge on any atom is -0.341 e. The number of nitrogens with zero attached hydrogens (tertiary/aromatic N) is 3. The molecule has 0 aliphatic carbocycles. The Morgan fingerprint density at radius 3 is 2.79 bits per heavy atom. The van der Waals surface area contributed by atoms with E-state index >= 15 is 0 Å². The van der Waals surface area contributed by atoms with Gasteiger partial charge in [0.2, 0.25) is 0 Å². The highest BCUT2D eigenvalue weighted by molar-refractivity contribution is 5.90. The number of H-pyrrole nitrogens is 1. The summed E-state index contributed by atoms with van der Waals surface area (Å²) in [4.78, 5) is 27.4. The molecule has 1 aromatic carbocycles. The molecule has 3 heterocycles. The van der Waals surface area contributed by atoms with Gasteiger partial charge in [0.1, 0.15) is 5.82 Å². The highest BCUT2D eigenvalue weighted by Gasteiger charge is 2.30. The number of anilines is 1. The van der Waals surface area contributed by atoms with E-state index in [1.807, 2.05) is 50.2 Å². The molecule has 1 aliphatic rings. The maximum absolute atomic E-state index is 12.5. The Balaban J connectivity index is 1.43. The molecule has 0 radical (unpaired) electrons. The van der Waals surface area contributed by atoms with Gasteiger partial charge >= 0.3 is 6.03 Å². The molecule has 0 unspecified atom stereocenters. The Morgan fingerprint density at radius 2 is 2.00 bits per heavy atom. The Morgan fingerprint density at radius 1 is 1.18 bits per heavy atom. The summed E-state index contributed by atoms with van der Waals surface area (Å²) < 4.78 is 0. The summed E-state index contributed by atoms with van der Waals surface area (Å²) in [7, 11) is 2.11. The largest absolute Gasteiger partial charge is 0.341 e. The molecule has 1 fully saturated rings. The first-order chi connectivity index (χ1) is 13.5. The summed E-state index contributed by atoms with van der Waals surface area (Å²) in [6.07, 6.45) is 1.72. The number of urea groups is 1. The third kappa shape index (κ3) is 3.84. The number of amides is 2. The lowest BCUT2D eigenvalue weighted by atomic mass is 9.97. The third-order valence-corrected chi connectivity index (χ3v) is 5.40. The number of piperidine rings is 1. The number of fused-ring (bicyclic) bond motifs is 1. The van der Waals surface area contributed by atoms with Crippen LogP contribution in [0.25, 0.3) is 11.0 Å². The van der Waals surface area contributed by atoms with Crippen molar-refractivity contribution < 1.29 is 4.79 Å². The second kappa shape index (κ2) is 7.59. The highest BCUT2D eigenvalue weighted by Crippen LogP contribution is 2.29. The predicted octanol–water partition coefficient (Wildman–Crippen LogP) is 3.53. The van der Waals surface area contributed by atoms with E-state index in [9.17, 15) is 4.79 Å². The van der Waals surface area contributed by atoms with Gasteiger partial charge in [0.05, 0.1) is 28.5 Å². The first-order valence-corrected chi connectivity index (χ1v) is 9.66. The number of pyridine rings is 1. The number of rotatable bonds is 3. The van der Waals surface area contributed by atoms with Crippen LogP contribution < -0.4 is 10.6 Å². The van der Waals surface area contributed by atoms with Crippen LogP contribution in [0, 0.1) is 13.8 Å². The molecule has 0 bridgehead atoms. The molecule has 146 valence electrons. The Labute approximate surface area is 164 Å². The van der Waals surface area contributed by atoms with Crippen LogP contribution in [-0.2, 0) is 0 Å². The van der Waals surface area contributed by atoms with E-state index < -0.39 is 0 Å². The number of hydrogen-bond donors (Lipinski definition) is 3. The van der Waals surface area contributed by atoms with E-state index in [2.05, 4.69) is 32.5 Å². The van der Waals surface area contributed by atoms with Crippen molar-refractivity contribution in [1.82, 2.24) is 25.2 Å². The minimum atomic E-state index is -0.188. The second-order valence-electron chi connectivity index (χ2n) is 7.54. The van der Waals surface area contributed by atoms with E-state index in [4.69, 9.17) is 4.98 Å². The van der Waals surface area contributed by atoms with Gasteiger partial charge in [-0.1, -0.05) is 12.1 Å². The number of hydrogen-bond acceptors (Lipinski definition) is 4. The molecule has 3 N–H and O–H groups in total. The topological polar surface area (TPSA) is 85.9 Å². The van der Waals surface area contributed by atoms with Crippen molar-refractivity contribution in [3.05, 3.63) is 53.6 Å². The summed E-state index contributed by atoms with van der Waals surface area (Å²) in [5.41, 5.74) is 4.51. The summed E-state index contributed by atoms with van der Waals surface area (Å²) >= 11 is 0. The number of benzene rings is 1. The van der Waals surface area contributed by atoms with Crippen molar-refractivity contribution in [2.75, 3.05) is 18.9 Å². The van der Waals surface area contributed by atoms with E-state index in [0.717, 1.165) is 53.3 Å². The zero-order valence-corrected chi connectivity index (χ0v) is 16.5. The average Bonchev–Trinajstić information content (AvgIpc) is 3.09. The number of aromatic nitrogens is 3. The number of aryl methyl sites for hydroxylation is 2. The summed E-state index contributed by atoms with van der Waals surface area (Å²) in [5.74, 6) is 0.953. The van der Waals surface area contributed by atoms with E-state index in [0.29, 0.717) is 0 Å². The van der Waals surface area contributed by atoms with Gasteiger partial charge in [-0.15, -0.1) is 0 Å². The van der Waals surface area contributed by atoms with Gasteiger partial charge in [-0.25, -0.2) is 9.78 Å². The van der Waals surface area contributed by atoms with Crippen molar-refractivity contribution in [1.29, 1.82) is 0 Å².